The highest BCUT2D eigenvalue weighted by Crippen LogP contribution is 2.32. The molecule has 10 heteroatoms. The number of anilines is 1. The zero-order chi connectivity index (χ0) is 32.5. The molecule has 4 N–H and O–H groups in total. The van der Waals surface area contributed by atoms with Gasteiger partial charge in [0.15, 0.2) is 0 Å². The topological polar surface area (TPSA) is 140 Å². The first-order valence-electron chi connectivity index (χ1n) is 14.6. The molecule has 0 saturated carbocycles. The highest BCUT2D eigenvalue weighted by atomic mass is 16.6. The molecule has 0 aromatic heterocycles. The van der Waals surface area contributed by atoms with Crippen LogP contribution in [0.15, 0.2) is 42.5 Å². The molecule has 0 aliphatic heterocycles. The smallest absolute Gasteiger partial charge is 0.408 e. The van der Waals surface area contributed by atoms with Crippen LogP contribution in [0, 0.1) is 19.8 Å². The number of primary amides is 1. The molecule has 0 saturated heterocycles. The molecule has 3 atom stereocenters. The molecular weight excluding hydrogens is 548 g/mol. The Hall–Kier alpha value is -4.08. The van der Waals surface area contributed by atoms with Crippen LogP contribution in [0.5, 0.6) is 5.75 Å². The molecule has 236 valence electrons. The molecule has 4 amide bonds. The Morgan fingerprint density at radius 1 is 0.953 bits per heavy atom. The maximum absolute atomic E-state index is 14.5. The van der Waals surface area contributed by atoms with E-state index in [0.29, 0.717) is 29.3 Å². The summed E-state index contributed by atoms with van der Waals surface area (Å²) in [5.41, 5.74) is 7.64. The first-order valence-corrected chi connectivity index (χ1v) is 14.6. The molecule has 2 rings (SSSR count). The third-order valence-corrected chi connectivity index (χ3v) is 7.11. The maximum Gasteiger partial charge on any atom is 0.408 e. The van der Waals surface area contributed by atoms with E-state index in [1.807, 2.05) is 39.0 Å². The third-order valence-electron chi connectivity index (χ3n) is 7.11. The second-order valence-corrected chi connectivity index (χ2v) is 12.3. The SMILES string of the molecule is COc1ccc(NC(=O)C(c2cccc(C)c2C)N(C(=O)C(CC(N)=O)NC(=O)OC(C)(C)C)C(C)CCC(C)C)cc1. The number of aryl methyl sites for hydroxylation is 1. The molecule has 0 bridgehead atoms. The predicted octanol–water partition coefficient (Wildman–Crippen LogP) is 5.41. The number of nitrogens with zero attached hydrogens (tertiary/aromatic N) is 1. The lowest BCUT2D eigenvalue weighted by Gasteiger charge is -2.39. The van der Waals surface area contributed by atoms with Crippen molar-refractivity contribution in [3.05, 3.63) is 59.2 Å². The molecular formula is C33H48N4O6. The van der Waals surface area contributed by atoms with E-state index in [4.69, 9.17) is 15.2 Å². The van der Waals surface area contributed by atoms with Crippen LogP contribution in [0.4, 0.5) is 10.5 Å². The summed E-state index contributed by atoms with van der Waals surface area (Å²) >= 11 is 0. The summed E-state index contributed by atoms with van der Waals surface area (Å²) in [6.45, 7) is 14.9. The molecule has 43 heavy (non-hydrogen) atoms. The Morgan fingerprint density at radius 3 is 2.12 bits per heavy atom. The first kappa shape index (κ1) is 35.1. The molecule has 2 aromatic rings. The Morgan fingerprint density at radius 2 is 1.58 bits per heavy atom. The largest absolute Gasteiger partial charge is 0.497 e. The zero-order valence-electron chi connectivity index (χ0n) is 26.9. The number of carbonyl (C=O) groups is 4. The quantitative estimate of drug-likeness (QED) is 0.282. The van der Waals surface area contributed by atoms with Gasteiger partial charge in [0.2, 0.25) is 11.8 Å². The number of amides is 4. The monoisotopic (exact) mass is 596 g/mol. The summed E-state index contributed by atoms with van der Waals surface area (Å²) in [5, 5.41) is 5.49. The molecule has 3 unspecified atom stereocenters. The Labute approximate surface area is 255 Å². The second kappa shape index (κ2) is 15.4. The van der Waals surface area contributed by atoms with Gasteiger partial charge in [-0.3, -0.25) is 14.4 Å². The number of alkyl carbamates (subject to hydrolysis) is 1. The summed E-state index contributed by atoms with van der Waals surface area (Å²) in [6, 6.07) is 9.59. The van der Waals surface area contributed by atoms with Crippen LogP contribution in [0.2, 0.25) is 0 Å². The van der Waals surface area contributed by atoms with Crippen molar-refractivity contribution in [3.63, 3.8) is 0 Å². The fourth-order valence-corrected chi connectivity index (χ4v) is 4.72. The number of methoxy groups -OCH3 is 1. The van der Waals surface area contributed by atoms with Crippen LogP contribution < -0.4 is 21.1 Å². The van der Waals surface area contributed by atoms with Crippen LogP contribution in [-0.2, 0) is 19.1 Å². The Bertz CT molecular complexity index is 1270. The van der Waals surface area contributed by atoms with Gasteiger partial charge < -0.3 is 30.7 Å². The van der Waals surface area contributed by atoms with Crippen molar-refractivity contribution in [2.24, 2.45) is 11.7 Å². The van der Waals surface area contributed by atoms with Crippen molar-refractivity contribution < 1.29 is 28.7 Å². The number of nitrogens with two attached hydrogens (primary N) is 1. The normalized spacial score (nSPS) is 13.4. The van der Waals surface area contributed by atoms with Crippen molar-refractivity contribution in [2.45, 2.75) is 98.4 Å². The molecule has 2 aromatic carbocycles. The Balaban J connectivity index is 2.69. The Kier molecular flexibility index (Phi) is 12.6. The van der Waals surface area contributed by atoms with Gasteiger partial charge in [-0.05, 0) is 101 Å². The van der Waals surface area contributed by atoms with Crippen LogP contribution >= 0.6 is 0 Å². The lowest BCUT2D eigenvalue weighted by atomic mass is 9.92. The van der Waals surface area contributed by atoms with Gasteiger partial charge in [-0.25, -0.2) is 4.79 Å². The number of benzene rings is 2. The third kappa shape index (κ3) is 10.6. The standard InChI is InChI=1S/C33H48N4O6/c1-20(2)13-14-22(4)37(31(40)27(19-28(34)38)36-32(41)43-33(6,7)8)29(26-12-10-11-21(3)23(26)5)30(39)35-24-15-17-25(42-9)18-16-24/h10-12,15-18,20,22,27,29H,13-14,19H2,1-9H3,(H2,34,38)(H,35,39)(H,36,41). The zero-order valence-corrected chi connectivity index (χ0v) is 26.9. The predicted molar refractivity (Wildman–Crippen MR) is 168 cm³/mol. The van der Waals surface area contributed by atoms with Crippen molar-refractivity contribution in [2.75, 3.05) is 12.4 Å². The van der Waals surface area contributed by atoms with Crippen LogP contribution in [-0.4, -0.2) is 53.5 Å². The van der Waals surface area contributed by atoms with Gasteiger partial charge in [-0.2, -0.15) is 0 Å². The number of hydrogen-bond acceptors (Lipinski definition) is 6. The number of nitrogens with one attached hydrogen (secondary N) is 2. The van der Waals surface area contributed by atoms with Gasteiger partial charge >= 0.3 is 6.09 Å². The van der Waals surface area contributed by atoms with E-state index >= 15 is 0 Å². The van der Waals surface area contributed by atoms with Crippen LogP contribution in [0.1, 0.15) is 83.5 Å². The van der Waals surface area contributed by atoms with Gasteiger partial charge in [0.1, 0.15) is 23.4 Å². The average molecular weight is 597 g/mol. The number of hydrogen-bond donors (Lipinski definition) is 3. The summed E-state index contributed by atoms with van der Waals surface area (Å²) < 4.78 is 10.6. The fourth-order valence-electron chi connectivity index (χ4n) is 4.72. The van der Waals surface area contributed by atoms with Gasteiger partial charge in [0.25, 0.3) is 5.91 Å². The van der Waals surface area contributed by atoms with E-state index in [1.165, 1.54) is 4.90 Å². The molecule has 0 radical (unpaired) electrons. The van der Waals surface area contributed by atoms with Gasteiger partial charge in [-0.1, -0.05) is 32.0 Å². The summed E-state index contributed by atoms with van der Waals surface area (Å²) in [4.78, 5) is 55.1. The van der Waals surface area contributed by atoms with E-state index in [9.17, 15) is 19.2 Å². The molecule has 0 aliphatic carbocycles. The number of rotatable bonds is 13. The summed E-state index contributed by atoms with van der Waals surface area (Å²) in [7, 11) is 1.56. The van der Waals surface area contributed by atoms with E-state index in [0.717, 1.165) is 17.5 Å². The minimum absolute atomic E-state index is 0.341. The van der Waals surface area contributed by atoms with Crippen molar-refractivity contribution >= 4 is 29.5 Å². The molecule has 0 heterocycles. The highest BCUT2D eigenvalue weighted by Gasteiger charge is 2.40. The molecule has 0 aliphatic rings. The van der Waals surface area contributed by atoms with Gasteiger partial charge in [0.05, 0.1) is 13.5 Å². The number of carbonyl (C=O) groups excluding carboxylic acids is 4. The molecule has 10 nitrogen and oxygen atoms in total. The van der Waals surface area contributed by atoms with Crippen LogP contribution in [0.25, 0.3) is 0 Å². The van der Waals surface area contributed by atoms with E-state index in [-0.39, 0.29) is 0 Å². The van der Waals surface area contributed by atoms with Crippen molar-refractivity contribution in [1.82, 2.24) is 10.2 Å². The second-order valence-electron chi connectivity index (χ2n) is 12.3. The maximum atomic E-state index is 14.5. The average Bonchev–Trinajstić information content (AvgIpc) is 2.90. The van der Waals surface area contributed by atoms with Crippen LogP contribution in [0.3, 0.4) is 0 Å². The number of ether oxygens (including phenoxy) is 2. The van der Waals surface area contributed by atoms with Gasteiger partial charge in [-0.15, -0.1) is 0 Å². The summed E-state index contributed by atoms with van der Waals surface area (Å²) in [6.07, 6.45) is 0.0271. The van der Waals surface area contributed by atoms with Gasteiger partial charge in [0, 0.05) is 11.7 Å². The minimum Gasteiger partial charge on any atom is -0.497 e. The summed E-state index contributed by atoms with van der Waals surface area (Å²) in [5.74, 6) is -0.871. The minimum atomic E-state index is -1.35. The van der Waals surface area contributed by atoms with E-state index in [2.05, 4.69) is 24.5 Å². The first-order chi connectivity index (χ1) is 20.0. The molecule has 0 fully saturated rings. The van der Waals surface area contributed by atoms with Crippen molar-refractivity contribution in [1.29, 1.82) is 0 Å². The highest BCUT2D eigenvalue weighted by molar-refractivity contribution is 6.00. The lowest BCUT2D eigenvalue weighted by molar-refractivity contribution is -0.144. The fraction of sp³-hybridized carbons (Fsp3) is 0.515. The lowest BCUT2D eigenvalue weighted by Crippen LogP contribution is -2.56. The van der Waals surface area contributed by atoms with E-state index in [1.54, 1.807) is 52.1 Å². The van der Waals surface area contributed by atoms with Crippen molar-refractivity contribution in [3.8, 4) is 5.75 Å². The molecule has 0 spiro atoms. The van der Waals surface area contributed by atoms with E-state index < -0.39 is 54.0 Å².